The van der Waals surface area contributed by atoms with Crippen molar-refractivity contribution in [3.8, 4) is 0 Å². The zero-order chi connectivity index (χ0) is 13.0. The molecule has 0 bridgehead atoms. The molecule has 2 aliphatic rings. The summed E-state index contributed by atoms with van der Waals surface area (Å²) < 4.78 is 5.55. The average molecular weight is 254 g/mol. The predicted molar refractivity (Wildman–Crippen MR) is 75.9 cm³/mol. The third kappa shape index (κ3) is 4.22. The third-order valence-corrected chi connectivity index (χ3v) is 4.62. The number of likely N-dealkylation sites (tertiary alicyclic amines) is 1. The average Bonchev–Trinajstić information content (AvgIpc) is 2.51. The molecule has 2 rings (SSSR count). The van der Waals surface area contributed by atoms with Gasteiger partial charge in [0, 0.05) is 18.6 Å². The maximum atomic E-state index is 5.55. The second-order valence-electron chi connectivity index (χ2n) is 6.86. The highest BCUT2D eigenvalue weighted by Crippen LogP contribution is 2.30. The van der Waals surface area contributed by atoms with Crippen LogP contribution in [0.2, 0.25) is 0 Å². The number of ether oxygens (including phenoxy) is 1. The van der Waals surface area contributed by atoms with Crippen LogP contribution in [0.15, 0.2) is 0 Å². The first-order valence-corrected chi connectivity index (χ1v) is 7.62. The van der Waals surface area contributed by atoms with Crippen molar-refractivity contribution in [2.75, 3.05) is 32.8 Å². The summed E-state index contributed by atoms with van der Waals surface area (Å²) in [6.45, 7) is 12.5. The van der Waals surface area contributed by atoms with Gasteiger partial charge in [-0.15, -0.1) is 0 Å². The van der Waals surface area contributed by atoms with E-state index in [1.54, 1.807) is 0 Å². The summed E-state index contributed by atoms with van der Waals surface area (Å²) in [5.41, 5.74) is 0.542. The van der Waals surface area contributed by atoms with Gasteiger partial charge in [-0.1, -0.05) is 13.8 Å². The van der Waals surface area contributed by atoms with Crippen LogP contribution in [0.4, 0.5) is 0 Å². The zero-order valence-electron chi connectivity index (χ0n) is 12.4. The van der Waals surface area contributed by atoms with E-state index in [1.165, 1.54) is 38.8 Å². The molecule has 2 atom stereocenters. The van der Waals surface area contributed by atoms with Crippen molar-refractivity contribution < 1.29 is 4.74 Å². The van der Waals surface area contributed by atoms with E-state index in [4.69, 9.17) is 4.74 Å². The van der Waals surface area contributed by atoms with Crippen molar-refractivity contribution in [3.63, 3.8) is 0 Å². The Morgan fingerprint density at radius 3 is 2.89 bits per heavy atom. The topological polar surface area (TPSA) is 24.5 Å². The molecule has 18 heavy (non-hydrogen) atoms. The molecule has 3 heteroatoms. The summed E-state index contributed by atoms with van der Waals surface area (Å²) in [7, 11) is 0. The van der Waals surface area contributed by atoms with Crippen molar-refractivity contribution in [3.05, 3.63) is 0 Å². The Balaban J connectivity index is 1.79. The summed E-state index contributed by atoms with van der Waals surface area (Å²) in [4.78, 5) is 2.69. The summed E-state index contributed by atoms with van der Waals surface area (Å²) in [5.74, 6) is 0. The standard InChI is InChI=1S/C15H30N2O/c1-13(11-14-12-18-10-7-16-14)17-8-4-5-15(2,3)6-9-17/h13-14,16H,4-12H2,1-3H3. The molecule has 0 spiro atoms. The lowest BCUT2D eigenvalue weighted by Gasteiger charge is -2.33. The number of nitrogens with one attached hydrogen (secondary N) is 1. The van der Waals surface area contributed by atoms with Gasteiger partial charge in [-0.25, -0.2) is 0 Å². The fraction of sp³-hybridized carbons (Fsp3) is 1.00. The molecule has 0 aromatic carbocycles. The van der Waals surface area contributed by atoms with Crippen LogP contribution in [0.25, 0.3) is 0 Å². The molecule has 0 aromatic heterocycles. The number of hydrogen-bond donors (Lipinski definition) is 1. The van der Waals surface area contributed by atoms with Gasteiger partial charge < -0.3 is 15.0 Å². The van der Waals surface area contributed by atoms with Gasteiger partial charge in [0.05, 0.1) is 13.2 Å². The van der Waals surface area contributed by atoms with Gasteiger partial charge in [0.15, 0.2) is 0 Å². The fourth-order valence-corrected chi connectivity index (χ4v) is 3.22. The molecular formula is C15H30N2O. The molecule has 0 amide bonds. The normalized spacial score (nSPS) is 31.8. The lowest BCUT2D eigenvalue weighted by atomic mass is 9.85. The van der Waals surface area contributed by atoms with E-state index in [9.17, 15) is 0 Å². The van der Waals surface area contributed by atoms with Gasteiger partial charge in [0.2, 0.25) is 0 Å². The van der Waals surface area contributed by atoms with E-state index in [1.807, 2.05) is 0 Å². The quantitative estimate of drug-likeness (QED) is 0.836. The van der Waals surface area contributed by atoms with Crippen LogP contribution in [0.5, 0.6) is 0 Å². The number of rotatable bonds is 3. The van der Waals surface area contributed by atoms with Crippen LogP contribution < -0.4 is 5.32 Å². The Hall–Kier alpha value is -0.120. The van der Waals surface area contributed by atoms with Gasteiger partial charge in [-0.05, 0) is 51.1 Å². The van der Waals surface area contributed by atoms with Crippen LogP contribution in [0, 0.1) is 5.41 Å². The monoisotopic (exact) mass is 254 g/mol. The van der Waals surface area contributed by atoms with Crippen LogP contribution in [0.1, 0.15) is 46.5 Å². The number of nitrogens with zero attached hydrogens (tertiary/aromatic N) is 1. The Morgan fingerprint density at radius 1 is 1.33 bits per heavy atom. The van der Waals surface area contributed by atoms with E-state index in [2.05, 4.69) is 31.0 Å². The molecule has 2 heterocycles. The third-order valence-electron chi connectivity index (χ3n) is 4.62. The van der Waals surface area contributed by atoms with Crippen LogP contribution in [-0.4, -0.2) is 49.8 Å². The van der Waals surface area contributed by atoms with Gasteiger partial charge >= 0.3 is 0 Å². The minimum atomic E-state index is 0.542. The van der Waals surface area contributed by atoms with E-state index in [0.717, 1.165) is 19.8 Å². The molecule has 2 fully saturated rings. The zero-order valence-corrected chi connectivity index (χ0v) is 12.4. The largest absolute Gasteiger partial charge is 0.379 e. The Bertz CT molecular complexity index is 249. The maximum absolute atomic E-state index is 5.55. The molecule has 0 aromatic rings. The highest BCUT2D eigenvalue weighted by atomic mass is 16.5. The highest BCUT2D eigenvalue weighted by Gasteiger charge is 2.26. The van der Waals surface area contributed by atoms with E-state index >= 15 is 0 Å². The molecule has 106 valence electrons. The molecule has 0 aliphatic carbocycles. The molecule has 0 radical (unpaired) electrons. The first-order chi connectivity index (χ1) is 8.57. The fourth-order valence-electron chi connectivity index (χ4n) is 3.22. The van der Waals surface area contributed by atoms with Crippen LogP contribution >= 0.6 is 0 Å². The summed E-state index contributed by atoms with van der Waals surface area (Å²) in [5, 5.41) is 3.57. The minimum Gasteiger partial charge on any atom is -0.379 e. The first kappa shape index (κ1) is 14.3. The molecule has 2 saturated heterocycles. The molecular weight excluding hydrogens is 224 g/mol. The summed E-state index contributed by atoms with van der Waals surface area (Å²) in [6.07, 6.45) is 5.29. The molecule has 1 N–H and O–H groups in total. The van der Waals surface area contributed by atoms with Crippen molar-refractivity contribution in [2.45, 2.75) is 58.5 Å². The summed E-state index contributed by atoms with van der Waals surface area (Å²) in [6, 6.07) is 1.24. The van der Waals surface area contributed by atoms with Crippen molar-refractivity contribution in [2.24, 2.45) is 5.41 Å². The second-order valence-corrected chi connectivity index (χ2v) is 6.86. The Kier molecular flexibility index (Phi) is 5.05. The molecule has 2 aliphatic heterocycles. The van der Waals surface area contributed by atoms with Crippen molar-refractivity contribution >= 4 is 0 Å². The maximum Gasteiger partial charge on any atom is 0.0620 e. The van der Waals surface area contributed by atoms with Gasteiger partial charge in [0.25, 0.3) is 0 Å². The molecule has 2 unspecified atom stereocenters. The lowest BCUT2D eigenvalue weighted by molar-refractivity contribution is 0.0619. The Morgan fingerprint density at radius 2 is 2.17 bits per heavy atom. The minimum absolute atomic E-state index is 0.542. The van der Waals surface area contributed by atoms with Gasteiger partial charge in [0.1, 0.15) is 0 Å². The molecule has 3 nitrogen and oxygen atoms in total. The van der Waals surface area contributed by atoms with E-state index in [-0.39, 0.29) is 0 Å². The van der Waals surface area contributed by atoms with Crippen LogP contribution in [-0.2, 0) is 4.74 Å². The lowest BCUT2D eigenvalue weighted by Crippen LogP contribution is -2.46. The van der Waals surface area contributed by atoms with E-state index in [0.29, 0.717) is 17.5 Å². The first-order valence-electron chi connectivity index (χ1n) is 7.62. The van der Waals surface area contributed by atoms with Gasteiger partial charge in [-0.3, -0.25) is 0 Å². The second kappa shape index (κ2) is 6.36. The van der Waals surface area contributed by atoms with Crippen molar-refractivity contribution in [1.29, 1.82) is 0 Å². The number of morpholine rings is 1. The predicted octanol–water partition coefficient (Wildman–Crippen LogP) is 2.27. The van der Waals surface area contributed by atoms with Gasteiger partial charge in [-0.2, -0.15) is 0 Å². The summed E-state index contributed by atoms with van der Waals surface area (Å²) >= 11 is 0. The smallest absolute Gasteiger partial charge is 0.0620 e. The Labute approximate surface area is 112 Å². The highest BCUT2D eigenvalue weighted by molar-refractivity contribution is 4.82. The van der Waals surface area contributed by atoms with Crippen LogP contribution in [0.3, 0.4) is 0 Å². The van der Waals surface area contributed by atoms with E-state index < -0.39 is 0 Å². The SMILES string of the molecule is CC(CC1COCCN1)N1CCCC(C)(C)CC1. The molecule has 0 saturated carbocycles. The van der Waals surface area contributed by atoms with Crippen molar-refractivity contribution in [1.82, 2.24) is 10.2 Å². The number of hydrogen-bond acceptors (Lipinski definition) is 3.